The van der Waals surface area contributed by atoms with Crippen LogP contribution >= 0.6 is 0 Å². The maximum atomic E-state index is 14.2. The summed E-state index contributed by atoms with van der Waals surface area (Å²) in [7, 11) is -3.93. The normalized spacial score (nSPS) is 19.7. The van der Waals surface area contributed by atoms with Gasteiger partial charge in [0.25, 0.3) is 0 Å². The lowest BCUT2D eigenvalue weighted by Crippen LogP contribution is -2.57. The quantitative estimate of drug-likeness (QED) is 0.663. The molecule has 0 amide bonds. The molecule has 1 unspecified atom stereocenters. The fraction of sp³-hybridized carbons (Fsp3) is 0.200. The van der Waals surface area contributed by atoms with Crippen LogP contribution in [0.2, 0.25) is 0 Å². The molecule has 0 aromatic heterocycles. The number of hydrogen-bond acceptors (Lipinski definition) is 4. The smallest absolute Gasteiger partial charge is 0.319 e. The molecule has 9 heteroatoms. The zero-order chi connectivity index (χ0) is 21.4. The van der Waals surface area contributed by atoms with Crippen LogP contribution in [0.1, 0.15) is 23.1 Å². The van der Waals surface area contributed by atoms with Crippen molar-refractivity contribution in [3.63, 3.8) is 0 Å². The summed E-state index contributed by atoms with van der Waals surface area (Å²) in [6.45, 7) is 1.83. The summed E-state index contributed by atoms with van der Waals surface area (Å²) in [5, 5.41) is 5.09. The zero-order valence-corrected chi connectivity index (χ0v) is 16.2. The van der Waals surface area contributed by atoms with Gasteiger partial charge in [0.2, 0.25) is 10.0 Å². The van der Waals surface area contributed by atoms with Gasteiger partial charge < -0.3 is 5.43 Å². The lowest BCUT2D eigenvalue weighted by atomic mass is 9.81. The lowest BCUT2D eigenvalue weighted by molar-refractivity contribution is -0.176. The molecule has 0 saturated heterocycles. The first-order valence-corrected chi connectivity index (χ1v) is 10.0. The summed E-state index contributed by atoms with van der Waals surface area (Å²) in [4.78, 5) is -0.143. The number of sulfonamides is 1. The Bertz CT molecular complexity index is 1100. The molecule has 0 fully saturated rings. The Morgan fingerprint density at radius 3 is 2.10 bits per heavy atom. The van der Waals surface area contributed by atoms with Gasteiger partial charge in [0, 0.05) is 12.0 Å². The number of nitrogens with one attached hydrogen (secondary N) is 2. The van der Waals surface area contributed by atoms with E-state index in [2.05, 4.69) is 16.8 Å². The largest absolute Gasteiger partial charge is 0.413 e. The first-order chi connectivity index (χ1) is 13.5. The zero-order valence-electron chi connectivity index (χ0n) is 15.3. The molecule has 1 heterocycles. The van der Waals surface area contributed by atoms with Crippen molar-refractivity contribution in [3.05, 3.63) is 65.2 Å². The highest BCUT2D eigenvalue weighted by Crippen LogP contribution is 2.48. The van der Waals surface area contributed by atoms with Gasteiger partial charge in [-0.25, -0.2) is 19.0 Å². The Balaban J connectivity index is 2.27. The molecule has 3 rings (SSSR count). The van der Waals surface area contributed by atoms with Crippen molar-refractivity contribution in [2.75, 3.05) is 0 Å². The third-order valence-corrected chi connectivity index (χ3v) is 5.67. The molecule has 2 aromatic carbocycles. The highest BCUT2D eigenvalue weighted by atomic mass is 32.2. The molecule has 152 valence electrons. The lowest BCUT2D eigenvalue weighted by Gasteiger charge is -2.32. The number of rotatable bonds is 4. The predicted octanol–water partition coefficient (Wildman–Crippen LogP) is 2.94. The van der Waals surface area contributed by atoms with E-state index < -0.39 is 28.2 Å². The molecule has 0 saturated carbocycles. The second kappa shape index (κ2) is 7.22. The third-order valence-electron chi connectivity index (χ3n) is 4.74. The van der Waals surface area contributed by atoms with Crippen LogP contribution in [0, 0.1) is 19.3 Å². The molecule has 0 bridgehead atoms. The first kappa shape index (κ1) is 20.9. The van der Waals surface area contributed by atoms with Gasteiger partial charge in [-0.15, -0.1) is 12.3 Å². The van der Waals surface area contributed by atoms with E-state index in [-0.39, 0.29) is 16.2 Å². The van der Waals surface area contributed by atoms with Crippen LogP contribution in [-0.2, 0) is 10.0 Å². The second-order valence-electron chi connectivity index (χ2n) is 6.72. The molecule has 2 aromatic rings. The molecule has 1 aliphatic rings. The minimum atomic E-state index is -4.70. The van der Waals surface area contributed by atoms with Crippen LogP contribution < -0.4 is 16.0 Å². The number of benzene rings is 2. The molecule has 4 N–H and O–H groups in total. The van der Waals surface area contributed by atoms with E-state index in [1.54, 1.807) is 24.3 Å². The molecular formula is C20H18F3N3O2S. The minimum Gasteiger partial charge on any atom is -0.319 e. The van der Waals surface area contributed by atoms with Crippen LogP contribution in [0.4, 0.5) is 13.2 Å². The third kappa shape index (κ3) is 3.74. The van der Waals surface area contributed by atoms with Gasteiger partial charge in [-0.1, -0.05) is 42.0 Å². The number of terminal acetylenes is 1. The SMILES string of the molecule is C#CCC1(C(F)(F)F)NNC(c2ccc(S(N)(=O)=O)cc2)=C1c1ccc(C)cc1. The molecule has 0 spiro atoms. The van der Waals surface area contributed by atoms with Crippen LogP contribution in [-0.4, -0.2) is 20.1 Å². The average molecular weight is 421 g/mol. The molecule has 29 heavy (non-hydrogen) atoms. The maximum Gasteiger partial charge on any atom is 0.413 e. The summed E-state index contributed by atoms with van der Waals surface area (Å²) < 4.78 is 65.5. The van der Waals surface area contributed by atoms with Gasteiger partial charge in [0.1, 0.15) is 0 Å². The fourth-order valence-corrected chi connectivity index (χ4v) is 3.76. The maximum absolute atomic E-state index is 14.2. The topological polar surface area (TPSA) is 84.2 Å². The van der Waals surface area contributed by atoms with Crippen molar-refractivity contribution in [1.82, 2.24) is 10.9 Å². The van der Waals surface area contributed by atoms with E-state index >= 15 is 0 Å². The van der Waals surface area contributed by atoms with Crippen molar-refractivity contribution < 1.29 is 21.6 Å². The Morgan fingerprint density at radius 2 is 1.62 bits per heavy atom. The number of alkyl halides is 3. The van der Waals surface area contributed by atoms with Crippen molar-refractivity contribution in [2.24, 2.45) is 5.14 Å². The second-order valence-corrected chi connectivity index (χ2v) is 8.28. The monoisotopic (exact) mass is 421 g/mol. The highest BCUT2D eigenvalue weighted by Gasteiger charge is 2.60. The van der Waals surface area contributed by atoms with Crippen molar-refractivity contribution in [1.29, 1.82) is 0 Å². The van der Waals surface area contributed by atoms with Gasteiger partial charge >= 0.3 is 6.18 Å². The predicted molar refractivity (Wildman–Crippen MR) is 104 cm³/mol. The van der Waals surface area contributed by atoms with Gasteiger partial charge in [-0.2, -0.15) is 13.2 Å². The summed E-state index contributed by atoms with van der Waals surface area (Å²) in [5.74, 6) is 2.12. The Morgan fingerprint density at radius 1 is 1.07 bits per heavy atom. The van der Waals surface area contributed by atoms with Crippen molar-refractivity contribution in [2.45, 2.75) is 30.0 Å². The van der Waals surface area contributed by atoms with Crippen molar-refractivity contribution in [3.8, 4) is 12.3 Å². The van der Waals surface area contributed by atoms with E-state index in [0.717, 1.165) is 5.56 Å². The Hall–Kier alpha value is -2.80. The number of hydrazine groups is 1. The number of halogens is 3. The summed E-state index contributed by atoms with van der Waals surface area (Å²) in [6.07, 6.45) is -0.0474. The standard InChI is InChI=1S/C20H18F3N3O2S/c1-3-12-19(20(21,22)23)17(14-6-4-13(2)5-7-14)18(25-26-19)15-8-10-16(11-9-15)29(24,27)28/h1,4-11,25-26H,12H2,2H3,(H2,24,27,28). The van der Waals surface area contributed by atoms with E-state index in [1.807, 2.05) is 6.92 Å². The van der Waals surface area contributed by atoms with E-state index in [4.69, 9.17) is 11.6 Å². The van der Waals surface area contributed by atoms with Crippen molar-refractivity contribution >= 4 is 21.3 Å². The summed E-state index contributed by atoms with van der Waals surface area (Å²) >= 11 is 0. The number of aryl methyl sites for hydroxylation is 1. The fourth-order valence-electron chi connectivity index (χ4n) is 3.24. The molecular weight excluding hydrogens is 403 g/mol. The molecule has 1 atom stereocenters. The minimum absolute atomic E-state index is 0.0636. The van der Waals surface area contributed by atoms with Crippen LogP contribution in [0.5, 0.6) is 0 Å². The Labute approximate surface area is 166 Å². The van der Waals surface area contributed by atoms with Gasteiger partial charge in [0.05, 0.1) is 10.6 Å². The van der Waals surface area contributed by atoms with Crippen LogP contribution in [0.3, 0.4) is 0 Å². The summed E-state index contributed by atoms with van der Waals surface area (Å²) in [6, 6.07) is 11.9. The molecule has 1 aliphatic heterocycles. The number of hydrogen-bond donors (Lipinski definition) is 3. The molecule has 0 radical (unpaired) electrons. The molecule has 5 nitrogen and oxygen atoms in total. The average Bonchev–Trinajstić information content (AvgIpc) is 3.03. The molecule has 0 aliphatic carbocycles. The van der Waals surface area contributed by atoms with E-state index in [0.29, 0.717) is 11.1 Å². The first-order valence-electron chi connectivity index (χ1n) is 8.48. The van der Waals surface area contributed by atoms with Gasteiger partial charge in [-0.05, 0) is 30.2 Å². The number of primary sulfonamides is 1. The van der Waals surface area contributed by atoms with E-state index in [1.165, 1.54) is 24.3 Å². The Kier molecular flexibility index (Phi) is 5.21. The van der Waals surface area contributed by atoms with Crippen LogP contribution in [0.25, 0.3) is 11.3 Å². The highest BCUT2D eigenvalue weighted by molar-refractivity contribution is 7.89. The van der Waals surface area contributed by atoms with Crippen LogP contribution in [0.15, 0.2) is 53.4 Å². The van der Waals surface area contributed by atoms with Gasteiger partial charge in [0.15, 0.2) is 5.54 Å². The number of nitrogens with two attached hydrogens (primary N) is 1. The van der Waals surface area contributed by atoms with E-state index in [9.17, 15) is 21.6 Å². The van der Waals surface area contributed by atoms with Gasteiger partial charge in [-0.3, -0.25) is 0 Å². The summed E-state index contributed by atoms with van der Waals surface area (Å²) in [5.41, 5.74) is 4.11.